The number of fused-ring (bicyclic) bond motifs is 1. The van der Waals surface area contributed by atoms with Gasteiger partial charge in [-0.15, -0.1) is 0 Å². The molecule has 0 bridgehead atoms. The first kappa shape index (κ1) is 27.0. The van der Waals surface area contributed by atoms with Crippen LogP contribution in [-0.2, 0) is 13.0 Å². The molecule has 0 radical (unpaired) electrons. The monoisotopic (exact) mass is 578 g/mol. The Kier molecular flexibility index (Phi) is 8.85. The lowest BCUT2D eigenvalue weighted by molar-refractivity contribution is -0.384. The fourth-order valence-electron chi connectivity index (χ4n) is 3.80. The summed E-state index contributed by atoms with van der Waals surface area (Å²) in [7, 11) is 0. The van der Waals surface area contributed by atoms with Crippen LogP contribution < -0.4 is 15.0 Å². The lowest BCUT2D eigenvalue weighted by Gasteiger charge is -2.13. The zero-order valence-corrected chi connectivity index (χ0v) is 22.7. The molecular formula is C28H27BrN4O5. The second kappa shape index (κ2) is 12.5. The molecule has 0 unspecified atom stereocenters. The van der Waals surface area contributed by atoms with E-state index in [2.05, 4.69) is 28.0 Å². The van der Waals surface area contributed by atoms with Crippen LogP contribution in [0.4, 0.5) is 5.69 Å². The molecule has 3 aromatic carbocycles. The SMILES string of the molecule is CCCCc1nc2ccc(Br)cc2c(=O)n1N=Cc1ccc(OCc2ccc([N+](=O)[O-])cc2)c(OCC)c1. The van der Waals surface area contributed by atoms with Gasteiger partial charge in [0.05, 0.1) is 28.6 Å². The van der Waals surface area contributed by atoms with Crippen molar-refractivity contribution in [2.45, 2.75) is 39.7 Å². The molecule has 0 fully saturated rings. The van der Waals surface area contributed by atoms with E-state index >= 15 is 0 Å². The summed E-state index contributed by atoms with van der Waals surface area (Å²) in [5.41, 5.74) is 1.95. The summed E-state index contributed by atoms with van der Waals surface area (Å²) < 4.78 is 13.9. The van der Waals surface area contributed by atoms with Crippen molar-refractivity contribution in [1.29, 1.82) is 0 Å². The number of non-ortho nitro benzene ring substituents is 1. The summed E-state index contributed by atoms with van der Waals surface area (Å²) in [6.07, 6.45) is 4.09. The molecule has 1 heterocycles. The Bertz CT molecular complexity index is 1530. The Morgan fingerprint density at radius 3 is 2.55 bits per heavy atom. The highest BCUT2D eigenvalue weighted by Crippen LogP contribution is 2.29. The molecule has 0 atom stereocenters. The number of halogens is 1. The molecule has 0 saturated heterocycles. The number of ether oxygens (including phenoxy) is 2. The van der Waals surface area contributed by atoms with Gasteiger partial charge in [-0.25, -0.2) is 4.98 Å². The van der Waals surface area contributed by atoms with Gasteiger partial charge in [0.1, 0.15) is 12.4 Å². The fourth-order valence-corrected chi connectivity index (χ4v) is 4.16. The molecule has 0 aliphatic rings. The van der Waals surface area contributed by atoms with Crippen molar-refractivity contribution in [2.24, 2.45) is 5.10 Å². The predicted molar refractivity (Wildman–Crippen MR) is 150 cm³/mol. The molecule has 0 amide bonds. The number of nitro benzene ring substituents is 1. The van der Waals surface area contributed by atoms with E-state index in [0.717, 1.165) is 28.4 Å². The van der Waals surface area contributed by atoms with Crippen LogP contribution >= 0.6 is 15.9 Å². The van der Waals surface area contributed by atoms with E-state index in [0.29, 0.717) is 41.3 Å². The first-order chi connectivity index (χ1) is 18.4. The molecule has 4 rings (SSSR count). The Balaban J connectivity index is 1.60. The number of benzene rings is 3. The van der Waals surface area contributed by atoms with Crippen LogP contribution in [0.5, 0.6) is 11.5 Å². The number of nitrogens with zero attached hydrogens (tertiary/aromatic N) is 4. The van der Waals surface area contributed by atoms with Gasteiger partial charge in [0.25, 0.3) is 11.2 Å². The lowest BCUT2D eigenvalue weighted by atomic mass is 10.2. The average molecular weight is 579 g/mol. The maximum absolute atomic E-state index is 13.3. The maximum atomic E-state index is 13.3. The highest BCUT2D eigenvalue weighted by Gasteiger charge is 2.12. The summed E-state index contributed by atoms with van der Waals surface area (Å²) >= 11 is 3.43. The van der Waals surface area contributed by atoms with Gasteiger partial charge in [0.2, 0.25) is 0 Å². The Morgan fingerprint density at radius 1 is 1.05 bits per heavy atom. The average Bonchev–Trinajstić information content (AvgIpc) is 2.91. The zero-order valence-electron chi connectivity index (χ0n) is 21.1. The van der Waals surface area contributed by atoms with Crippen molar-refractivity contribution in [3.05, 3.63) is 103 Å². The molecule has 0 spiro atoms. The number of rotatable bonds is 11. The number of aryl methyl sites for hydroxylation is 1. The van der Waals surface area contributed by atoms with E-state index in [1.54, 1.807) is 36.5 Å². The smallest absolute Gasteiger partial charge is 0.282 e. The van der Waals surface area contributed by atoms with E-state index in [1.165, 1.54) is 16.8 Å². The van der Waals surface area contributed by atoms with Crippen LogP contribution in [0.2, 0.25) is 0 Å². The zero-order chi connectivity index (χ0) is 27.1. The van der Waals surface area contributed by atoms with Gasteiger partial charge in [-0.1, -0.05) is 29.3 Å². The lowest BCUT2D eigenvalue weighted by Crippen LogP contribution is -2.22. The number of hydrogen-bond donors (Lipinski definition) is 0. The van der Waals surface area contributed by atoms with Crippen molar-refractivity contribution in [3.63, 3.8) is 0 Å². The topological polar surface area (TPSA) is 109 Å². The molecule has 0 aliphatic heterocycles. The van der Waals surface area contributed by atoms with E-state index in [-0.39, 0.29) is 17.9 Å². The van der Waals surface area contributed by atoms with Gasteiger partial charge in [0.15, 0.2) is 11.5 Å². The molecule has 0 N–H and O–H groups in total. The number of nitro groups is 1. The molecule has 196 valence electrons. The minimum atomic E-state index is -0.439. The molecule has 9 nitrogen and oxygen atoms in total. The predicted octanol–water partition coefficient (Wildman–Crippen LogP) is 6.27. The van der Waals surface area contributed by atoms with E-state index in [4.69, 9.17) is 14.5 Å². The third-order valence-electron chi connectivity index (χ3n) is 5.76. The van der Waals surface area contributed by atoms with Gasteiger partial charge in [-0.05, 0) is 73.0 Å². The third-order valence-corrected chi connectivity index (χ3v) is 6.25. The minimum absolute atomic E-state index is 0.0265. The van der Waals surface area contributed by atoms with Crippen LogP contribution in [0.15, 0.2) is 75.0 Å². The Hall–Kier alpha value is -4.05. The summed E-state index contributed by atoms with van der Waals surface area (Å²) in [4.78, 5) is 28.4. The summed E-state index contributed by atoms with van der Waals surface area (Å²) in [6.45, 7) is 4.61. The largest absolute Gasteiger partial charge is 0.490 e. The van der Waals surface area contributed by atoms with E-state index < -0.39 is 4.92 Å². The van der Waals surface area contributed by atoms with Crippen LogP contribution in [0, 0.1) is 10.1 Å². The summed E-state index contributed by atoms with van der Waals surface area (Å²) in [5.74, 6) is 1.66. The number of unbranched alkanes of at least 4 members (excludes halogenated alkanes) is 1. The Morgan fingerprint density at radius 2 is 1.84 bits per heavy atom. The van der Waals surface area contributed by atoms with Gasteiger partial charge >= 0.3 is 0 Å². The highest BCUT2D eigenvalue weighted by atomic mass is 79.9. The summed E-state index contributed by atoms with van der Waals surface area (Å²) in [6, 6.07) is 17.0. The molecule has 38 heavy (non-hydrogen) atoms. The number of hydrogen-bond acceptors (Lipinski definition) is 7. The number of aromatic nitrogens is 2. The van der Waals surface area contributed by atoms with Crippen LogP contribution in [-0.4, -0.2) is 27.4 Å². The third kappa shape index (κ3) is 6.44. The molecule has 0 saturated carbocycles. The Labute approximate surface area is 228 Å². The van der Waals surface area contributed by atoms with Gasteiger partial charge in [-0.2, -0.15) is 9.78 Å². The highest BCUT2D eigenvalue weighted by molar-refractivity contribution is 9.10. The fraction of sp³-hybridized carbons (Fsp3) is 0.250. The quantitative estimate of drug-likeness (QED) is 0.118. The minimum Gasteiger partial charge on any atom is -0.490 e. The summed E-state index contributed by atoms with van der Waals surface area (Å²) in [5, 5.41) is 15.9. The van der Waals surface area contributed by atoms with Crippen molar-refractivity contribution in [3.8, 4) is 11.5 Å². The van der Waals surface area contributed by atoms with Crippen molar-refractivity contribution < 1.29 is 14.4 Å². The first-order valence-corrected chi connectivity index (χ1v) is 13.1. The molecule has 10 heteroatoms. The van der Waals surface area contributed by atoms with Gasteiger partial charge in [-0.3, -0.25) is 14.9 Å². The van der Waals surface area contributed by atoms with E-state index in [9.17, 15) is 14.9 Å². The van der Waals surface area contributed by atoms with Crippen molar-refractivity contribution >= 4 is 38.7 Å². The normalized spacial score (nSPS) is 11.2. The molecule has 1 aromatic heterocycles. The first-order valence-electron chi connectivity index (χ1n) is 12.3. The molecule has 0 aliphatic carbocycles. The van der Waals surface area contributed by atoms with Crippen molar-refractivity contribution in [1.82, 2.24) is 9.66 Å². The van der Waals surface area contributed by atoms with Gasteiger partial charge in [0, 0.05) is 23.0 Å². The van der Waals surface area contributed by atoms with E-state index in [1.807, 2.05) is 25.1 Å². The van der Waals surface area contributed by atoms with Gasteiger partial charge < -0.3 is 9.47 Å². The maximum Gasteiger partial charge on any atom is 0.282 e. The van der Waals surface area contributed by atoms with Crippen LogP contribution in [0.1, 0.15) is 43.6 Å². The van der Waals surface area contributed by atoms with Crippen LogP contribution in [0.25, 0.3) is 10.9 Å². The second-order valence-corrected chi connectivity index (χ2v) is 9.42. The second-order valence-electron chi connectivity index (χ2n) is 8.51. The van der Waals surface area contributed by atoms with Crippen molar-refractivity contribution in [2.75, 3.05) is 6.61 Å². The molecule has 4 aromatic rings. The van der Waals surface area contributed by atoms with Crippen LogP contribution in [0.3, 0.4) is 0 Å². The standard InChI is InChI=1S/C28H27BrN4O5/c1-3-5-6-27-31-24-13-10-21(29)16-23(24)28(34)32(27)30-17-20-9-14-25(26(15-20)37-4-2)38-18-19-7-11-22(12-8-19)33(35)36/h7-17H,3-6,18H2,1-2H3. The molecular weight excluding hydrogens is 552 g/mol.